The number of nitrogens with one attached hydrogen (secondary N) is 5. The molecule has 0 radical (unpaired) electrons. The zero-order chi connectivity index (χ0) is 41.3. The van der Waals surface area contributed by atoms with Gasteiger partial charge < -0.3 is 46.7 Å². The summed E-state index contributed by atoms with van der Waals surface area (Å²) >= 11 is 0. The molecule has 316 valence electrons. The van der Waals surface area contributed by atoms with Crippen molar-refractivity contribution in [1.82, 2.24) is 31.5 Å². The van der Waals surface area contributed by atoms with E-state index < -0.39 is 77.6 Å². The zero-order valence-corrected chi connectivity index (χ0v) is 35.1. The van der Waals surface area contributed by atoms with Gasteiger partial charge in [-0.2, -0.15) is 0 Å². The maximum atomic E-state index is 14.4. The van der Waals surface area contributed by atoms with E-state index in [0.717, 1.165) is 51.4 Å². The summed E-state index contributed by atoms with van der Waals surface area (Å²) in [5.74, 6) is -3.44. The molecule has 2 rings (SSSR count). The molecule has 1 aliphatic heterocycles. The largest absolute Gasteiger partial charge is 0.444 e. The molecular formula is C40H73N7O8. The molecule has 7 N–H and O–H groups in total. The Bertz CT molecular complexity index is 1250. The number of hydrogen-bond donors (Lipinski definition) is 6. The lowest BCUT2D eigenvalue weighted by Crippen LogP contribution is -2.62. The van der Waals surface area contributed by atoms with Crippen LogP contribution in [0.2, 0.25) is 0 Å². The van der Waals surface area contributed by atoms with Crippen molar-refractivity contribution in [2.45, 2.75) is 174 Å². The third kappa shape index (κ3) is 16.7. The van der Waals surface area contributed by atoms with Crippen LogP contribution in [0.15, 0.2) is 0 Å². The van der Waals surface area contributed by atoms with Crippen LogP contribution in [-0.2, 0) is 33.4 Å². The number of alkyl carbamates (subject to hydrolysis) is 1. The minimum absolute atomic E-state index is 0.0427. The van der Waals surface area contributed by atoms with Crippen molar-refractivity contribution in [2.24, 2.45) is 23.5 Å². The summed E-state index contributed by atoms with van der Waals surface area (Å²) in [7, 11) is 1.63. The van der Waals surface area contributed by atoms with Crippen LogP contribution < -0.4 is 32.3 Å². The summed E-state index contributed by atoms with van der Waals surface area (Å²) < 4.78 is 11.7. The molecule has 0 aromatic carbocycles. The predicted molar refractivity (Wildman–Crippen MR) is 212 cm³/mol. The van der Waals surface area contributed by atoms with E-state index in [1.807, 2.05) is 20.8 Å². The predicted octanol–water partition coefficient (Wildman–Crippen LogP) is 3.28. The summed E-state index contributed by atoms with van der Waals surface area (Å²) in [6, 6.07) is -4.96. The maximum Gasteiger partial charge on any atom is 0.407 e. The van der Waals surface area contributed by atoms with Crippen molar-refractivity contribution >= 4 is 35.6 Å². The monoisotopic (exact) mass is 780 g/mol. The van der Waals surface area contributed by atoms with E-state index >= 15 is 0 Å². The van der Waals surface area contributed by atoms with Gasteiger partial charge in [0.15, 0.2) is 0 Å². The molecule has 0 aromatic rings. The SMILES string of the molecule is CCCCCC[C@H]1OC[C@@H](C)NC(=O)[C@H](CN)NC(=O)[C@H](CNC(=O)OC(C)(C)C)NC(=O)[C@H](C2CCCCCC2)NC(=O)[C@H](CC(C)C)N(C)C(=O)[C@@H]1C. The molecule has 1 saturated carbocycles. The third-order valence-electron chi connectivity index (χ3n) is 10.4. The number of carbonyl (C=O) groups excluding carboxylic acids is 6. The highest BCUT2D eigenvalue weighted by Crippen LogP contribution is 2.27. The van der Waals surface area contributed by atoms with E-state index in [-0.39, 0.29) is 37.4 Å². The van der Waals surface area contributed by atoms with Gasteiger partial charge in [-0.05, 0) is 65.2 Å². The first kappa shape index (κ1) is 47.7. The van der Waals surface area contributed by atoms with Crippen LogP contribution in [-0.4, -0.2) is 109 Å². The van der Waals surface area contributed by atoms with Crippen LogP contribution in [0.1, 0.15) is 132 Å². The van der Waals surface area contributed by atoms with Crippen LogP contribution in [0.3, 0.4) is 0 Å². The number of rotatable bonds is 11. The molecule has 55 heavy (non-hydrogen) atoms. The molecule has 2 fully saturated rings. The van der Waals surface area contributed by atoms with Crippen LogP contribution in [0.4, 0.5) is 4.79 Å². The number of ether oxygens (including phenoxy) is 2. The van der Waals surface area contributed by atoms with Gasteiger partial charge in [0.2, 0.25) is 29.5 Å². The number of hydrogen-bond acceptors (Lipinski definition) is 9. The Morgan fingerprint density at radius 3 is 2.09 bits per heavy atom. The van der Waals surface area contributed by atoms with E-state index in [4.69, 9.17) is 15.2 Å². The Balaban J connectivity index is 2.62. The Morgan fingerprint density at radius 2 is 1.51 bits per heavy atom. The van der Waals surface area contributed by atoms with Crippen LogP contribution in [0.25, 0.3) is 0 Å². The fraction of sp³-hybridized carbons (Fsp3) is 0.850. The summed E-state index contributed by atoms with van der Waals surface area (Å²) in [6.45, 7) is 14.2. The Labute approximate surface area is 329 Å². The van der Waals surface area contributed by atoms with Gasteiger partial charge in [0.1, 0.15) is 29.8 Å². The van der Waals surface area contributed by atoms with E-state index in [9.17, 15) is 28.8 Å². The second-order valence-electron chi connectivity index (χ2n) is 17.0. The van der Waals surface area contributed by atoms with Crippen molar-refractivity contribution < 1.29 is 38.2 Å². The van der Waals surface area contributed by atoms with E-state index in [2.05, 4.69) is 33.5 Å². The normalized spacial score (nSPS) is 27.8. The number of carbonyl (C=O) groups is 6. The lowest BCUT2D eigenvalue weighted by atomic mass is 9.90. The van der Waals surface area contributed by atoms with Crippen molar-refractivity contribution in [3.63, 3.8) is 0 Å². The molecule has 7 atom stereocenters. The van der Waals surface area contributed by atoms with Crippen molar-refractivity contribution in [1.29, 1.82) is 0 Å². The molecule has 1 saturated heterocycles. The molecule has 0 bridgehead atoms. The second kappa shape index (κ2) is 23.6. The van der Waals surface area contributed by atoms with Gasteiger partial charge in [-0.25, -0.2) is 4.79 Å². The number of amides is 6. The van der Waals surface area contributed by atoms with Gasteiger partial charge in [0.05, 0.1) is 25.2 Å². The molecule has 6 amide bonds. The Hall–Kier alpha value is -3.46. The van der Waals surface area contributed by atoms with E-state index in [1.165, 1.54) is 4.90 Å². The molecule has 0 unspecified atom stereocenters. The highest BCUT2D eigenvalue weighted by molar-refractivity contribution is 5.96. The smallest absolute Gasteiger partial charge is 0.407 e. The van der Waals surface area contributed by atoms with Gasteiger partial charge in [-0.3, -0.25) is 24.0 Å². The fourth-order valence-electron chi connectivity index (χ4n) is 7.19. The van der Waals surface area contributed by atoms with Crippen LogP contribution >= 0.6 is 0 Å². The quantitative estimate of drug-likeness (QED) is 0.134. The molecule has 1 heterocycles. The minimum Gasteiger partial charge on any atom is -0.444 e. The molecule has 2 aliphatic rings. The number of unbranched alkanes of at least 4 members (excludes halogenated alkanes) is 3. The highest BCUT2D eigenvalue weighted by atomic mass is 16.6. The van der Waals surface area contributed by atoms with E-state index in [0.29, 0.717) is 25.7 Å². The van der Waals surface area contributed by atoms with Crippen LogP contribution in [0, 0.1) is 17.8 Å². The summed E-state index contributed by atoms with van der Waals surface area (Å²) in [4.78, 5) is 84.4. The third-order valence-corrected chi connectivity index (χ3v) is 10.4. The van der Waals surface area contributed by atoms with Crippen molar-refractivity contribution in [3.8, 4) is 0 Å². The Morgan fingerprint density at radius 1 is 0.891 bits per heavy atom. The van der Waals surface area contributed by atoms with Gasteiger partial charge in [-0.15, -0.1) is 0 Å². The van der Waals surface area contributed by atoms with Gasteiger partial charge in [-0.1, -0.05) is 79.1 Å². The number of nitrogens with zero attached hydrogens (tertiary/aromatic N) is 1. The first-order valence-corrected chi connectivity index (χ1v) is 20.6. The van der Waals surface area contributed by atoms with E-state index in [1.54, 1.807) is 34.7 Å². The average molecular weight is 780 g/mol. The topological polar surface area (TPSA) is 210 Å². The second-order valence-corrected chi connectivity index (χ2v) is 17.0. The summed E-state index contributed by atoms with van der Waals surface area (Å²) in [6.07, 6.45) is 8.71. The molecule has 1 aliphatic carbocycles. The van der Waals surface area contributed by atoms with Gasteiger partial charge in [0, 0.05) is 19.6 Å². The molecule has 0 spiro atoms. The summed E-state index contributed by atoms with van der Waals surface area (Å²) in [5, 5.41) is 13.8. The number of nitrogens with two attached hydrogens (primary N) is 1. The standard InChI is InChI=1S/C40H73N7O8/c1-10-11-12-17-20-32-27(5)38(52)47(9)31(21-25(2)3)36(50)46-33(28-18-15-13-14-16-19-28)37(51)45-30(23-42-39(53)55-40(6,7)8)35(49)44-29(22-41)34(48)43-26(4)24-54-32/h25-33H,10-24,41H2,1-9H3,(H,42,53)(H,43,48)(H,44,49)(H,45,51)(H,46,50)/t26-,27-,29+,30+,31+,32-,33+/m1/s1. The molecule has 15 heteroatoms. The van der Waals surface area contributed by atoms with Gasteiger partial charge >= 0.3 is 6.09 Å². The molecule has 0 aromatic heterocycles. The summed E-state index contributed by atoms with van der Waals surface area (Å²) in [5.41, 5.74) is 5.15. The highest BCUT2D eigenvalue weighted by Gasteiger charge is 2.39. The first-order chi connectivity index (χ1) is 25.9. The molecule has 15 nitrogen and oxygen atoms in total. The lowest BCUT2D eigenvalue weighted by molar-refractivity contribution is -0.147. The first-order valence-electron chi connectivity index (χ1n) is 20.6. The molecular weight excluding hydrogens is 706 g/mol. The van der Waals surface area contributed by atoms with Crippen LogP contribution in [0.5, 0.6) is 0 Å². The maximum absolute atomic E-state index is 14.4. The number of likely N-dealkylation sites (N-methyl/N-ethyl adjacent to an activating group) is 1. The van der Waals surface area contributed by atoms with Crippen molar-refractivity contribution in [3.05, 3.63) is 0 Å². The fourth-order valence-corrected chi connectivity index (χ4v) is 7.19. The van der Waals surface area contributed by atoms with Crippen molar-refractivity contribution in [2.75, 3.05) is 26.7 Å². The zero-order valence-electron chi connectivity index (χ0n) is 35.1. The minimum atomic E-state index is -1.36. The van der Waals surface area contributed by atoms with Gasteiger partial charge in [0.25, 0.3) is 0 Å². The average Bonchev–Trinajstić information content (AvgIpc) is 3.40. The Kier molecular flexibility index (Phi) is 20.4. The lowest BCUT2D eigenvalue weighted by Gasteiger charge is -2.35.